The molecule has 1 aliphatic carbocycles. The minimum atomic E-state index is 0.341. The van der Waals surface area contributed by atoms with Gasteiger partial charge in [-0.05, 0) is 48.4 Å². The van der Waals surface area contributed by atoms with Crippen molar-refractivity contribution >= 4 is 15.9 Å². The van der Waals surface area contributed by atoms with Crippen molar-refractivity contribution in [1.29, 1.82) is 0 Å². The SMILES string of the molecule is COc1ccc(Br)cc1CC(NN)C1CC1C. The molecule has 1 aliphatic rings. The molecular weight excluding hydrogens is 280 g/mol. The van der Waals surface area contributed by atoms with E-state index in [1.54, 1.807) is 7.11 Å². The summed E-state index contributed by atoms with van der Waals surface area (Å²) in [5.41, 5.74) is 4.14. The number of hydrogen-bond donors (Lipinski definition) is 2. The van der Waals surface area contributed by atoms with Gasteiger partial charge in [0, 0.05) is 10.5 Å². The maximum Gasteiger partial charge on any atom is 0.122 e. The van der Waals surface area contributed by atoms with Gasteiger partial charge in [0.15, 0.2) is 0 Å². The van der Waals surface area contributed by atoms with Gasteiger partial charge in [-0.2, -0.15) is 0 Å². The lowest BCUT2D eigenvalue weighted by Crippen LogP contribution is -2.39. The standard InChI is InChI=1S/C13H19BrN2O/c1-8-5-11(8)12(16-15)7-9-6-10(14)3-4-13(9)17-2/h3-4,6,8,11-12,16H,5,7,15H2,1-2H3. The molecule has 1 saturated carbocycles. The number of methoxy groups -OCH3 is 1. The summed E-state index contributed by atoms with van der Waals surface area (Å²) >= 11 is 3.49. The zero-order valence-electron chi connectivity index (χ0n) is 10.2. The first-order valence-corrected chi connectivity index (χ1v) is 6.73. The van der Waals surface area contributed by atoms with Crippen molar-refractivity contribution in [2.24, 2.45) is 17.7 Å². The first kappa shape index (κ1) is 12.9. The Morgan fingerprint density at radius 2 is 2.29 bits per heavy atom. The zero-order chi connectivity index (χ0) is 12.4. The number of nitrogens with one attached hydrogen (secondary N) is 1. The third-order valence-corrected chi connectivity index (χ3v) is 4.08. The summed E-state index contributed by atoms with van der Waals surface area (Å²) in [7, 11) is 1.71. The molecule has 0 heterocycles. The first-order valence-electron chi connectivity index (χ1n) is 5.94. The number of benzene rings is 1. The van der Waals surface area contributed by atoms with Crippen LogP contribution >= 0.6 is 15.9 Å². The van der Waals surface area contributed by atoms with E-state index in [-0.39, 0.29) is 0 Å². The smallest absolute Gasteiger partial charge is 0.122 e. The van der Waals surface area contributed by atoms with E-state index in [1.165, 1.54) is 12.0 Å². The molecule has 3 N–H and O–H groups in total. The summed E-state index contributed by atoms with van der Waals surface area (Å²) in [4.78, 5) is 0. The Balaban J connectivity index is 2.13. The van der Waals surface area contributed by atoms with Gasteiger partial charge in [0.25, 0.3) is 0 Å². The van der Waals surface area contributed by atoms with E-state index in [1.807, 2.05) is 12.1 Å². The molecule has 94 valence electrons. The molecule has 0 radical (unpaired) electrons. The Morgan fingerprint density at radius 1 is 1.59 bits per heavy atom. The van der Waals surface area contributed by atoms with Gasteiger partial charge in [0.05, 0.1) is 7.11 Å². The molecule has 1 fully saturated rings. The van der Waals surface area contributed by atoms with Crippen molar-refractivity contribution in [3.8, 4) is 5.75 Å². The van der Waals surface area contributed by atoms with Crippen LogP contribution in [0.1, 0.15) is 18.9 Å². The van der Waals surface area contributed by atoms with Crippen LogP contribution < -0.4 is 16.0 Å². The molecule has 0 saturated heterocycles. The minimum absolute atomic E-state index is 0.341. The lowest BCUT2D eigenvalue weighted by molar-refractivity contribution is 0.398. The molecule has 17 heavy (non-hydrogen) atoms. The molecule has 0 aliphatic heterocycles. The highest BCUT2D eigenvalue weighted by Crippen LogP contribution is 2.42. The fraction of sp³-hybridized carbons (Fsp3) is 0.538. The van der Waals surface area contributed by atoms with E-state index in [2.05, 4.69) is 34.3 Å². The second-order valence-corrected chi connectivity index (χ2v) is 5.73. The van der Waals surface area contributed by atoms with E-state index in [9.17, 15) is 0 Å². The van der Waals surface area contributed by atoms with E-state index in [4.69, 9.17) is 10.6 Å². The summed E-state index contributed by atoms with van der Waals surface area (Å²) in [6.45, 7) is 2.27. The molecular formula is C13H19BrN2O. The van der Waals surface area contributed by atoms with Gasteiger partial charge in [0.1, 0.15) is 5.75 Å². The van der Waals surface area contributed by atoms with Crippen LogP contribution in [-0.4, -0.2) is 13.2 Å². The van der Waals surface area contributed by atoms with Crippen molar-refractivity contribution in [1.82, 2.24) is 5.43 Å². The number of hydrazine groups is 1. The number of nitrogens with two attached hydrogens (primary N) is 1. The van der Waals surface area contributed by atoms with E-state index in [0.717, 1.165) is 22.6 Å². The van der Waals surface area contributed by atoms with Gasteiger partial charge in [-0.25, -0.2) is 0 Å². The second-order valence-electron chi connectivity index (χ2n) is 4.81. The summed E-state index contributed by atoms with van der Waals surface area (Å²) in [5, 5.41) is 0. The van der Waals surface area contributed by atoms with Gasteiger partial charge in [0.2, 0.25) is 0 Å². The predicted octanol–water partition coefficient (Wildman–Crippen LogP) is 2.49. The molecule has 3 atom stereocenters. The van der Waals surface area contributed by atoms with Crippen LogP contribution in [0.5, 0.6) is 5.75 Å². The highest BCUT2D eigenvalue weighted by Gasteiger charge is 2.39. The van der Waals surface area contributed by atoms with Gasteiger partial charge >= 0.3 is 0 Å². The van der Waals surface area contributed by atoms with Crippen molar-refractivity contribution in [2.75, 3.05) is 7.11 Å². The third-order valence-electron chi connectivity index (χ3n) is 3.58. The maximum atomic E-state index is 5.65. The van der Waals surface area contributed by atoms with Crippen molar-refractivity contribution < 1.29 is 4.74 Å². The van der Waals surface area contributed by atoms with Crippen molar-refractivity contribution in [2.45, 2.75) is 25.8 Å². The molecule has 0 spiro atoms. The number of rotatable bonds is 5. The second kappa shape index (κ2) is 5.38. The number of halogens is 1. The molecule has 0 aromatic heterocycles. The minimum Gasteiger partial charge on any atom is -0.496 e. The Kier molecular flexibility index (Phi) is 4.07. The van der Waals surface area contributed by atoms with Gasteiger partial charge in [-0.15, -0.1) is 0 Å². The quantitative estimate of drug-likeness (QED) is 0.648. The van der Waals surface area contributed by atoms with Crippen LogP contribution in [0.2, 0.25) is 0 Å². The fourth-order valence-electron chi connectivity index (χ4n) is 2.39. The monoisotopic (exact) mass is 298 g/mol. The average Bonchev–Trinajstić information content (AvgIpc) is 3.03. The molecule has 4 heteroatoms. The fourth-order valence-corrected chi connectivity index (χ4v) is 2.80. The summed E-state index contributed by atoms with van der Waals surface area (Å²) in [5.74, 6) is 8.07. The number of hydrogen-bond acceptors (Lipinski definition) is 3. The highest BCUT2D eigenvalue weighted by atomic mass is 79.9. The Morgan fingerprint density at radius 3 is 2.82 bits per heavy atom. The molecule has 1 aromatic rings. The average molecular weight is 299 g/mol. The van der Waals surface area contributed by atoms with Gasteiger partial charge < -0.3 is 4.74 Å². The summed E-state index contributed by atoms with van der Waals surface area (Å²) in [6.07, 6.45) is 2.18. The zero-order valence-corrected chi connectivity index (χ0v) is 11.8. The number of ether oxygens (including phenoxy) is 1. The van der Waals surface area contributed by atoms with Gasteiger partial charge in [-0.3, -0.25) is 11.3 Å². The van der Waals surface area contributed by atoms with E-state index >= 15 is 0 Å². The van der Waals surface area contributed by atoms with Crippen molar-refractivity contribution in [3.63, 3.8) is 0 Å². The Labute approximate surface area is 111 Å². The van der Waals surface area contributed by atoms with Gasteiger partial charge in [-0.1, -0.05) is 22.9 Å². The maximum absolute atomic E-state index is 5.65. The van der Waals surface area contributed by atoms with Crippen LogP contribution in [0.25, 0.3) is 0 Å². The molecule has 3 unspecified atom stereocenters. The van der Waals surface area contributed by atoms with Crippen LogP contribution in [0.15, 0.2) is 22.7 Å². The molecule has 0 bridgehead atoms. The molecule has 1 aromatic carbocycles. The Bertz CT molecular complexity index is 397. The molecule has 2 rings (SSSR count). The van der Waals surface area contributed by atoms with Crippen molar-refractivity contribution in [3.05, 3.63) is 28.2 Å². The lowest BCUT2D eigenvalue weighted by Gasteiger charge is -2.17. The van der Waals surface area contributed by atoms with Crippen LogP contribution in [-0.2, 0) is 6.42 Å². The molecule has 0 amide bonds. The largest absolute Gasteiger partial charge is 0.496 e. The normalized spacial score (nSPS) is 24.5. The summed E-state index contributed by atoms with van der Waals surface area (Å²) in [6, 6.07) is 6.43. The Hall–Kier alpha value is -0.580. The topological polar surface area (TPSA) is 47.3 Å². The molecule has 3 nitrogen and oxygen atoms in total. The first-order chi connectivity index (χ1) is 8.15. The predicted molar refractivity (Wildman–Crippen MR) is 72.8 cm³/mol. The summed E-state index contributed by atoms with van der Waals surface area (Å²) < 4.78 is 6.46. The van der Waals surface area contributed by atoms with E-state index in [0.29, 0.717) is 12.0 Å². The van der Waals surface area contributed by atoms with Crippen LogP contribution in [0.4, 0.5) is 0 Å². The lowest BCUT2D eigenvalue weighted by atomic mass is 10.0. The highest BCUT2D eigenvalue weighted by molar-refractivity contribution is 9.10. The van der Waals surface area contributed by atoms with Crippen LogP contribution in [0.3, 0.4) is 0 Å². The third kappa shape index (κ3) is 3.00. The van der Waals surface area contributed by atoms with E-state index < -0.39 is 0 Å². The van der Waals surface area contributed by atoms with Crippen LogP contribution in [0, 0.1) is 11.8 Å².